The van der Waals surface area contributed by atoms with E-state index in [1.165, 1.54) is 4.88 Å². The van der Waals surface area contributed by atoms with Crippen LogP contribution in [0.1, 0.15) is 22.7 Å². The van der Waals surface area contributed by atoms with Crippen LogP contribution >= 0.6 is 22.7 Å². The number of fused-ring (bicyclic) bond motifs is 1. The molecule has 1 saturated heterocycles. The van der Waals surface area contributed by atoms with Crippen LogP contribution in [0.4, 0.5) is 0 Å². The molecule has 0 spiro atoms. The largest absolute Gasteiger partial charge is 0.377 e. The highest BCUT2D eigenvalue weighted by atomic mass is 32.1. The number of carbonyl (C=O) groups is 1. The Morgan fingerprint density at radius 3 is 2.89 bits per heavy atom. The van der Waals surface area contributed by atoms with Gasteiger partial charge < -0.3 is 9.64 Å². The Bertz CT molecular complexity index is 870. The fourth-order valence-corrected chi connectivity index (χ4v) is 5.24. The average Bonchev–Trinajstić information content (AvgIpc) is 3.43. The number of benzene rings is 1. The summed E-state index contributed by atoms with van der Waals surface area (Å²) in [6.45, 7) is 3.38. The third-order valence-electron chi connectivity index (χ3n) is 4.94. The minimum atomic E-state index is 0.119. The zero-order chi connectivity index (χ0) is 19.3. The number of amides is 1. The van der Waals surface area contributed by atoms with Gasteiger partial charge in [-0.05, 0) is 36.4 Å². The molecule has 1 aliphatic rings. The van der Waals surface area contributed by atoms with E-state index in [1.807, 2.05) is 25.2 Å². The molecule has 0 aliphatic carbocycles. The number of thiazole rings is 1. The lowest BCUT2D eigenvalue weighted by molar-refractivity contribution is -0.132. The molecule has 2 aromatic heterocycles. The van der Waals surface area contributed by atoms with Gasteiger partial charge in [0.25, 0.3) is 0 Å². The Balaban J connectivity index is 1.38. The van der Waals surface area contributed by atoms with Crippen LogP contribution in [0.25, 0.3) is 10.2 Å². The van der Waals surface area contributed by atoms with Gasteiger partial charge in [0.2, 0.25) is 5.91 Å². The van der Waals surface area contributed by atoms with Crippen LogP contribution in [0, 0.1) is 0 Å². The third-order valence-corrected chi connectivity index (χ3v) is 6.82. The standard InChI is InChI=1S/C21H25N3O2S2/c1-23(14-20-22-18-8-2-3-9-19(18)28-20)21(25)15-24(12-16-6-4-10-26-16)13-17-7-5-11-27-17/h2-3,5,7-9,11,16H,4,6,10,12-15H2,1H3/t16-/m1/s1. The second kappa shape index (κ2) is 9.13. The molecule has 0 saturated carbocycles. The predicted octanol–water partition coefficient (Wildman–Crippen LogP) is 4.00. The molecular weight excluding hydrogens is 390 g/mol. The van der Waals surface area contributed by atoms with Gasteiger partial charge in [-0.15, -0.1) is 22.7 Å². The van der Waals surface area contributed by atoms with Crippen LogP contribution in [-0.2, 0) is 22.6 Å². The maximum Gasteiger partial charge on any atom is 0.236 e. The van der Waals surface area contributed by atoms with Gasteiger partial charge in [-0.2, -0.15) is 0 Å². The lowest BCUT2D eigenvalue weighted by atomic mass is 10.2. The van der Waals surface area contributed by atoms with Gasteiger partial charge in [0.05, 0.1) is 29.4 Å². The maximum atomic E-state index is 12.9. The number of rotatable bonds is 8. The predicted molar refractivity (Wildman–Crippen MR) is 115 cm³/mol. The number of aromatic nitrogens is 1. The molecule has 148 valence electrons. The number of hydrogen-bond acceptors (Lipinski definition) is 6. The van der Waals surface area contributed by atoms with Crippen molar-refractivity contribution >= 4 is 38.8 Å². The quantitative estimate of drug-likeness (QED) is 0.558. The lowest BCUT2D eigenvalue weighted by Crippen LogP contribution is -2.40. The Morgan fingerprint density at radius 1 is 1.25 bits per heavy atom. The maximum absolute atomic E-state index is 12.9. The number of ether oxygens (including phenoxy) is 1. The van der Waals surface area contributed by atoms with Gasteiger partial charge >= 0.3 is 0 Å². The highest BCUT2D eigenvalue weighted by Gasteiger charge is 2.23. The fraction of sp³-hybridized carbons (Fsp3) is 0.429. The number of thiophene rings is 1. The summed E-state index contributed by atoms with van der Waals surface area (Å²) < 4.78 is 6.97. The van der Waals surface area contributed by atoms with Crippen molar-refractivity contribution in [3.8, 4) is 0 Å². The molecule has 7 heteroatoms. The first-order valence-corrected chi connectivity index (χ1v) is 11.3. The highest BCUT2D eigenvalue weighted by Crippen LogP contribution is 2.22. The molecule has 28 heavy (non-hydrogen) atoms. The van der Waals surface area contributed by atoms with Crippen LogP contribution in [0.5, 0.6) is 0 Å². The van der Waals surface area contributed by atoms with E-state index in [-0.39, 0.29) is 12.0 Å². The molecule has 5 nitrogen and oxygen atoms in total. The molecule has 0 unspecified atom stereocenters. The van der Waals surface area contributed by atoms with Crippen LogP contribution < -0.4 is 0 Å². The molecule has 1 amide bonds. The van der Waals surface area contributed by atoms with E-state index in [4.69, 9.17) is 4.74 Å². The van der Waals surface area contributed by atoms with Crippen LogP contribution in [-0.4, -0.2) is 53.5 Å². The summed E-state index contributed by atoms with van der Waals surface area (Å²) >= 11 is 3.39. The van der Waals surface area contributed by atoms with Gasteiger partial charge in [-0.25, -0.2) is 4.98 Å². The van der Waals surface area contributed by atoms with Crippen molar-refractivity contribution < 1.29 is 9.53 Å². The first-order valence-electron chi connectivity index (χ1n) is 9.62. The van der Waals surface area contributed by atoms with Gasteiger partial charge in [-0.1, -0.05) is 18.2 Å². The van der Waals surface area contributed by atoms with E-state index in [0.717, 1.165) is 47.8 Å². The summed E-state index contributed by atoms with van der Waals surface area (Å²) in [6.07, 6.45) is 2.43. The van der Waals surface area contributed by atoms with Crippen LogP contribution in [0.2, 0.25) is 0 Å². The second-order valence-corrected chi connectivity index (χ2v) is 9.36. The van der Waals surface area contributed by atoms with Crippen molar-refractivity contribution in [1.82, 2.24) is 14.8 Å². The summed E-state index contributed by atoms with van der Waals surface area (Å²) in [5, 5.41) is 3.06. The van der Waals surface area contributed by atoms with Crippen molar-refractivity contribution in [3.05, 3.63) is 51.7 Å². The molecule has 0 radical (unpaired) electrons. The van der Waals surface area contributed by atoms with Gasteiger partial charge in [0.1, 0.15) is 5.01 Å². The van der Waals surface area contributed by atoms with Crippen molar-refractivity contribution in [3.63, 3.8) is 0 Å². The van der Waals surface area contributed by atoms with E-state index < -0.39 is 0 Å². The SMILES string of the molecule is CN(Cc1nc2ccccc2s1)C(=O)CN(Cc1cccs1)C[C@H]1CCCO1. The number of para-hydroxylation sites is 1. The minimum absolute atomic E-state index is 0.119. The fourth-order valence-electron chi connectivity index (χ4n) is 3.47. The number of likely N-dealkylation sites (N-methyl/N-ethyl adjacent to an activating group) is 1. The number of nitrogens with zero attached hydrogens (tertiary/aromatic N) is 3. The van der Waals surface area contributed by atoms with Crippen molar-refractivity contribution in [1.29, 1.82) is 0 Å². The highest BCUT2D eigenvalue weighted by molar-refractivity contribution is 7.18. The minimum Gasteiger partial charge on any atom is -0.377 e. The van der Waals surface area contributed by atoms with E-state index in [0.29, 0.717) is 13.1 Å². The summed E-state index contributed by atoms with van der Waals surface area (Å²) in [5.74, 6) is 0.119. The zero-order valence-electron chi connectivity index (χ0n) is 16.0. The number of hydrogen-bond donors (Lipinski definition) is 0. The van der Waals surface area contributed by atoms with Crippen LogP contribution in [0.3, 0.4) is 0 Å². The molecular formula is C21H25N3O2S2. The monoisotopic (exact) mass is 415 g/mol. The molecule has 1 aromatic carbocycles. The van der Waals surface area contributed by atoms with Gasteiger partial charge in [0.15, 0.2) is 0 Å². The normalized spacial score (nSPS) is 16.9. The molecule has 3 heterocycles. The first kappa shape index (κ1) is 19.5. The summed E-state index contributed by atoms with van der Waals surface area (Å²) in [7, 11) is 1.86. The summed E-state index contributed by atoms with van der Waals surface area (Å²) in [6, 6.07) is 12.3. The number of carbonyl (C=O) groups excluding carboxylic acids is 1. The third kappa shape index (κ3) is 4.97. The lowest BCUT2D eigenvalue weighted by Gasteiger charge is -2.26. The Morgan fingerprint density at radius 2 is 2.14 bits per heavy atom. The molecule has 1 fully saturated rings. The smallest absolute Gasteiger partial charge is 0.236 e. The Hall–Kier alpha value is -1.80. The van der Waals surface area contributed by atoms with Crippen molar-refractivity contribution in [2.24, 2.45) is 0 Å². The van der Waals surface area contributed by atoms with Crippen molar-refractivity contribution in [2.75, 3.05) is 26.7 Å². The molecule has 3 aromatic rings. The topological polar surface area (TPSA) is 45.7 Å². The second-order valence-electron chi connectivity index (χ2n) is 7.21. The van der Waals surface area contributed by atoms with Gasteiger partial charge in [-0.3, -0.25) is 9.69 Å². The summed E-state index contributed by atoms with van der Waals surface area (Å²) in [4.78, 5) is 22.8. The van der Waals surface area contributed by atoms with Crippen LogP contribution in [0.15, 0.2) is 41.8 Å². The molecule has 0 bridgehead atoms. The molecule has 1 aliphatic heterocycles. The van der Waals surface area contributed by atoms with E-state index >= 15 is 0 Å². The summed E-state index contributed by atoms with van der Waals surface area (Å²) in [5.41, 5.74) is 1.00. The molecule has 4 rings (SSSR count). The van der Waals surface area contributed by atoms with E-state index in [9.17, 15) is 4.79 Å². The molecule has 0 N–H and O–H groups in total. The molecule has 1 atom stereocenters. The van der Waals surface area contributed by atoms with E-state index in [2.05, 4.69) is 33.5 Å². The van der Waals surface area contributed by atoms with Gasteiger partial charge in [0, 0.05) is 31.6 Å². The Kier molecular flexibility index (Phi) is 6.36. The zero-order valence-corrected chi connectivity index (χ0v) is 17.7. The van der Waals surface area contributed by atoms with E-state index in [1.54, 1.807) is 27.6 Å². The Labute approximate surface area is 173 Å². The average molecular weight is 416 g/mol. The van der Waals surface area contributed by atoms with Crippen molar-refractivity contribution in [2.45, 2.75) is 32.0 Å². The first-order chi connectivity index (χ1) is 13.7.